The van der Waals surface area contributed by atoms with Gasteiger partial charge in [-0.25, -0.2) is 0 Å². The average Bonchev–Trinajstić information content (AvgIpc) is 2.08. The molecule has 0 spiro atoms. The fourth-order valence-electron chi connectivity index (χ4n) is 1.11. The smallest absolute Gasteiger partial charge is 0.292 e. The van der Waals surface area contributed by atoms with Crippen molar-refractivity contribution in [2.45, 2.75) is 12.8 Å². The van der Waals surface area contributed by atoms with E-state index >= 15 is 0 Å². The lowest BCUT2D eigenvalue weighted by Crippen LogP contribution is -1.96. The summed E-state index contributed by atoms with van der Waals surface area (Å²) in [7, 11) is 0. The maximum absolute atomic E-state index is 10.5. The maximum Gasteiger partial charge on any atom is 0.292 e. The van der Waals surface area contributed by atoms with Crippen molar-refractivity contribution in [3.05, 3.63) is 40.8 Å². The summed E-state index contributed by atoms with van der Waals surface area (Å²) in [6, 6.07) is 4.84. The van der Waals surface area contributed by atoms with Crippen LogP contribution in [0.5, 0.6) is 0 Å². The van der Waals surface area contributed by atoms with E-state index in [4.69, 9.17) is 5.73 Å². The zero-order valence-electron chi connectivity index (χ0n) is 7.19. The van der Waals surface area contributed by atoms with Gasteiger partial charge in [-0.3, -0.25) is 10.1 Å². The molecule has 0 aliphatic heterocycles. The quantitative estimate of drug-likeness (QED) is 0.438. The lowest BCUT2D eigenvalue weighted by molar-refractivity contribution is -0.384. The van der Waals surface area contributed by atoms with Crippen LogP contribution in [0, 0.1) is 17.0 Å². The number of aryl methyl sites for hydroxylation is 1. The first-order valence-electron chi connectivity index (χ1n) is 3.97. The first-order valence-corrected chi connectivity index (χ1v) is 3.97. The highest BCUT2D eigenvalue weighted by molar-refractivity contribution is 5.59. The Bertz CT molecular complexity index is 323. The summed E-state index contributed by atoms with van der Waals surface area (Å²) >= 11 is 0. The molecule has 0 atom stereocenters. The Morgan fingerprint density at radius 3 is 2.77 bits per heavy atom. The Labute approximate surface area is 76.5 Å². The molecule has 2 N–H and O–H groups in total. The standard InChI is InChI=1S/C9H11N2O2/c1-2-3-7-4-5-8(10)9(6-7)11(12)13/h4-6H,1-3,10H2. The number of nitro benzene ring substituents is 1. The Balaban J connectivity index is 3.04. The van der Waals surface area contributed by atoms with Crippen molar-refractivity contribution >= 4 is 11.4 Å². The third kappa shape index (κ3) is 2.18. The van der Waals surface area contributed by atoms with Gasteiger partial charge in [-0.2, -0.15) is 0 Å². The molecule has 1 aromatic carbocycles. The molecule has 0 amide bonds. The zero-order chi connectivity index (χ0) is 9.84. The van der Waals surface area contributed by atoms with Crippen molar-refractivity contribution in [1.82, 2.24) is 0 Å². The van der Waals surface area contributed by atoms with Crippen molar-refractivity contribution in [3.63, 3.8) is 0 Å². The predicted molar refractivity (Wildman–Crippen MR) is 51.2 cm³/mol. The summed E-state index contributed by atoms with van der Waals surface area (Å²) in [4.78, 5) is 10.0. The maximum atomic E-state index is 10.5. The van der Waals surface area contributed by atoms with E-state index in [1.54, 1.807) is 12.1 Å². The van der Waals surface area contributed by atoms with Gasteiger partial charge in [0.05, 0.1) is 4.92 Å². The van der Waals surface area contributed by atoms with Gasteiger partial charge in [0, 0.05) is 6.07 Å². The third-order valence-corrected chi connectivity index (χ3v) is 1.76. The fourth-order valence-corrected chi connectivity index (χ4v) is 1.11. The van der Waals surface area contributed by atoms with E-state index in [2.05, 4.69) is 6.92 Å². The topological polar surface area (TPSA) is 69.2 Å². The van der Waals surface area contributed by atoms with Gasteiger partial charge in [0.25, 0.3) is 5.69 Å². The molecule has 1 aromatic rings. The molecule has 1 rings (SSSR count). The normalized spacial score (nSPS) is 9.92. The van der Waals surface area contributed by atoms with Gasteiger partial charge in [-0.05, 0) is 24.5 Å². The van der Waals surface area contributed by atoms with E-state index in [-0.39, 0.29) is 11.4 Å². The molecule has 0 saturated carbocycles. The molecular formula is C9H11N2O2. The molecule has 0 aliphatic rings. The van der Waals surface area contributed by atoms with Gasteiger partial charge in [0.15, 0.2) is 0 Å². The highest BCUT2D eigenvalue weighted by Crippen LogP contribution is 2.22. The Morgan fingerprint density at radius 2 is 2.23 bits per heavy atom. The molecule has 0 unspecified atom stereocenters. The van der Waals surface area contributed by atoms with Gasteiger partial charge >= 0.3 is 0 Å². The van der Waals surface area contributed by atoms with Crippen LogP contribution in [0.1, 0.15) is 12.0 Å². The van der Waals surface area contributed by atoms with E-state index in [1.165, 1.54) is 6.07 Å². The number of hydrogen-bond acceptors (Lipinski definition) is 3. The van der Waals surface area contributed by atoms with E-state index in [0.29, 0.717) is 0 Å². The minimum absolute atomic E-state index is 0.0223. The summed E-state index contributed by atoms with van der Waals surface area (Å²) in [5.41, 5.74) is 6.51. The Morgan fingerprint density at radius 1 is 1.54 bits per heavy atom. The molecule has 0 bridgehead atoms. The minimum Gasteiger partial charge on any atom is -0.393 e. The van der Waals surface area contributed by atoms with Crippen LogP contribution in [0.3, 0.4) is 0 Å². The number of rotatable bonds is 3. The molecule has 0 saturated heterocycles. The SMILES string of the molecule is [CH2]CCc1ccc(N)c([N+](=O)[O-])c1. The van der Waals surface area contributed by atoms with Crippen molar-refractivity contribution in [2.24, 2.45) is 0 Å². The Hall–Kier alpha value is -1.58. The van der Waals surface area contributed by atoms with Gasteiger partial charge in [0.2, 0.25) is 0 Å². The largest absolute Gasteiger partial charge is 0.393 e. The summed E-state index contributed by atoms with van der Waals surface area (Å²) in [5.74, 6) is 0. The van der Waals surface area contributed by atoms with Crippen LogP contribution < -0.4 is 5.73 Å². The third-order valence-electron chi connectivity index (χ3n) is 1.76. The Kier molecular flexibility index (Phi) is 2.84. The number of nitro groups is 1. The van der Waals surface area contributed by atoms with Crippen molar-refractivity contribution in [2.75, 3.05) is 5.73 Å². The van der Waals surface area contributed by atoms with E-state index in [0.717, 1.165) is 18.4 Å². The van der Waals surface area contributed by atoms with Crippen LogP contribution in [-0.2, 0) is 6.42 Å². The summed E-state index contributed by atoms with van der Waals surface area (Å²) in [5, 5.41) is 10.5. The number of nitrogens with zero attached hydrogens (tertiary/aromatic N) is 1. The molecular weight excluding hydrogens is 168 g/mol. The lowest BCUT2D eigenvalue weighted by atomic mass is 10.1. The molecule has 4 heteroatoms. The van der Waals surface area contributed by atoms with Crippen LogP contribution >= 0.6 is 0 Å². The van der Waals surface area contributed by atoms with Gasteiger partial charge in [-0.1, -0.05) is 13.0 Å². The average molecular weight is 179 g/mol. The first kappa shape index (κ1) is 9.51. The summed E-state index contributed by atoms with van der Waals surface area (Å²) in [6.45, 7) is 3.68. The zero-order valence-corrected chi connectivity index (χ0v) is 7.19. The predicted octanol–water partition coefficient (Wildman–Crippen LogP) is 1.94. The lowest BCUT2D eigenvalue weighted by Gasteiger charge is -2.00. The molecule has 0 aromatic heterocycles. The number of anilines is 1. The molecule has 4 nitrogen and oxygen atoms in total. The summed E-state index contributed by atoms with van der Waals surface area (Å²) in [6.07, 6.45) is 1.46. The van der Waals surface area contributed by atoms with Crippen LogP contribution in [0.4, 0.5) is 11.4 Å². The number of benzene rings is 1. The van der Waals surface area contributed by atoms with E-state index in [1.807, 2.05) is 0 Å². The molecule has 0 fully saturated rings. The van der Waals surface area contributed by atoms with E-state index in [9.17, 15) is 10.1 Å². The van der Waals surface area contributed by atoms with Crippen LogP contribution in [0.2, 0.25) is 0 Å². The highest BCUT2D eigenvalue weighted by Gasteiger charge is 2.10. The monoisotopic (exact) mass is 179 g/mol. The van der Waals surface area contributed by atoms with Crippen molar-refractivity contribution < 1.29 is 4.92 Å². The van der Waals surface area contributed by atoms with E-state index < -0.39 is 4.92 Å². The molecule has 69 valence electrons. The molecule has 1 radical (unpaired) electrons. The second-order valence-electron chi connectivity index (χ2n) is 2.75. The van der Waals surface area contributed by atoms with Crippen molar-refractivity contribution in [1.29, 1.82) is 0 Å². The number of hydrogen-bond donors (Lipinski definition) is 1. The fraction of sp³-hybridized carbons (Fsp3) is 0.222. The van der Waals surface area contributed by atoms with Crippen molar-refractivity contribution in [3.8, 4) is 0 Å². The first-order chi connectivity index (χ1) is 6.15. The van der Waals surface area contributed by atoms with Gasteiger partial charge < -0.3 is 5.73 Å². The minimum atomic E-state index is -0.470. The number of nitrogens with two attached hydrogens (primary N) is 1. The van der Waals surface area contributed by atoms with Crippen LogP contribution in [0.25, 0.3) is 0 Å². The number of nitrogen functional groups attached to an aromatic ring is 1. The van der Waals surface area contributed by atoms with Gasteiger partial charge in [-0.15, -0.1) is 0 Å². The molecule has 0 heterocycles. The van der Waals surface area contributed by atoms with Crippen LogP contribution in [0.15, 0.2) is 18.2 Å². The highest BCUT2D eigenvalue weighted by atomic mass is 16.6. The second-order valence-corrected chi connectivity index (χ2v) is 2.75. The van der Waals surface area contributed by atoms with Crippen LogP contribution in [-0.4, -0.2) is 4.92 Å². The van der Waals surface area contributed by atoms with Gasteiger partial charge in [0.1, 0.15) is 5.69 Å². The summed E-state index contributed by atoms with van der Waals surface area (Å²) < 4.78 is 0. The molecule has 13 heavy (non-hydrogen) atoms. The second kappa shape index (κ2) is 3.89. The molecule has 0 aliphatic carbocycles.